The summed E-state index contributed by atoms with van der Waals surface area (Å²) in [5.74, 6) is -0.120. The number of hydrogen-bond acceptors (Lipinski definition) is 4. The van der Waals surface area contributed by atoms with Gasteiger partial charge in [-0.25, -0.2) is 8.42 Å². The molecule has 1 aromatic rings. The number of nitriles is 1. The average molecular weight is 355 g/mol. The summed E-state index contributed by atoms with van der Waals surface area (Å²) in [5, 5.41) is 8.23. The highest BCUT2D eigenvalue weighted by atomic mass is 32.2. The third-order valence-corrected chi connectivity index (χ3v) is 7.22. The van der Waals surface area contributed by atoms with Gasteiger partial charge in [-0.05, 0) is 24.4 Å². The van der Waals surface area contributed by atoms with E-state index in [4.69, 9.17) is 5.26 Å². The van der Waals surface area contributed by atoms with Crippen molar-refractivity contribution >= 4 is 15.7 Å². The molecule has 2 bridgehead atoms. The minimum Gasteiger partial charge on any atom is -0.371 e. The second-order valence-corrected chi connectivity index (χ2v) is 8.16. The molecule has 1 aromatic carbocycles. The van der Waals surface area contributed by atoms with Crippen molar-refractivity contribution in [3.05, 3.63) is 41.6 Å². The predicted molar refractivity (Wildman–Crippen MR) is 79.3 cm³/mol. The third-order valence-electron chi connectivity index (χ3n) is 4.89. The van der Waals surface area contributed by atoms with Crippen LogP contribution in [0.25, 0.3) is 0 Å². The fourth-order valence-corrected chi connectivity index (χ4v) is 6.16. The molecule has 0 aromatic heterocycles. The molecule has 126 valence electrons. The van der Waals surface area contributed by atoms with Crippen molar-refractivity contribution in [2.24, 2.45) is 5.92 Å². The van der Waals surface area contributed by atoms with Crippen molar-refractivity contribution in [1.82, 2.24) is 4.90 Å². The van der Waals surface area contributed by atoms with Crippen LogP contribution in [0.15, 0.2) is 30.5 Å². The average Bonchev–Trinajstić information content (AvgIpc) is 3.18. The second-order valence-electron chi connectivity index (χ2n) is 6.15. The van der Waals surface area contributed by atoms with E-state index in [-0.39, 0.29) is 24.2 Å². The molecule has 2 fully saturated rings. The molecule has 0 unspecified atom stereocenters. The van der Waals surface area contributed by atoms with Gasteiger partial charge in [0.15, 0.2) is 0 Å². The van der Waals surface area contributed by atoms with Crippen molar-refractivity contribution in [3.63, 3.8) is 0 Å². The fourth-order valence-electron chi connectivity index (χ4n) is 3.84. The van der Waals surface area contributed by atoms with Crippen molar-refractivity contribution in [2.75, 3.05) is 17.4 Å². The number of nitrogens with zero attached hydrogens (tertiary/aromatic N) is 3. The summed E-state index contributed by atoms with van der Waals surface area (Å²) in [5.41, 5.74) is -1.68. The Morgan fingerprint density at radius 2 is 2.00 bits per heavy atom. The van der Waals surface area contributed by atoms with E-state index in [1.807, 2.05) is 17.2 Å². The summed E-state index contributed by atoms with van der Waals surface area (Å²) < 4.78 is 66.0. The van der Waals surface area contributed by atoms with Crippen LogP contribution in [0.2, 0.25) is 0 Å². The highest BCUT2D eigenvalue weighted by molar-refractivity contribution is 7.93. The van der Waals surface area contributed by atoms with Gasteiger partial charge in [0, 0.05) is 12.5 Å². The maximum absolute atomic E-state index is 13.1. The second kappa shape index (κ2) is 4.66. The third kappa shape index (κ3) is 1.95. The lowest BCUT2D eigenvalue weighted by Crippen LogP contribution is -2.34. The Hall–Kier alpha value is -2.21. The number of sulfonamides is 1. The molecular weight excluding hydrogens is 343 g/mol. The molecule has 0 spiro atoms. The first-order valence-electron chi connectivity index (χ1n) is 7.30. The van der Waals surface area contributed by atoms with Gasteiger partial charge >= 0.3 is 6.18 Å². The minimum atomic E-state index is -4.72. The van der Waals surface area contributed by atoms with Gasteiger partial charge in [0.05, 0.1) is 35.5 Å². The quantitative estimate of drug-likeness (QED) is 0.772. The van der Waals surface area contributed by atoms with E-state index in [1.54, 1.807) is 0 Å². The number of hydrogen-bond donors (Lipinski definition) is 0. The Morgan fingerprint density at radius 3 is 2.62 bits per heavy atom. The Balaban J connectivity index is 1.77. The topological polar surface area (TPSA) is 64.4 Å². The lowest BCUT2D eigenvalue weighted by molar-refractivity contribution is -0.137. The summed E-state index contributed by atoms with van der Waals surface area (Å²) in [6.45, 7) is 0.764. The Labute approximate surface area is 136 Å². The molecule has 9 heteroatoms. The van der Waals surface area contributed by atoms with Gasteiger partial charge in [0.25, 0.3) is 0 Å². The molecule has 0 saturated carbocycles. The number of benzene rings is 1. The van der Waals surface area contributed by atoms with Crippen molar-refractivity contribution in [3.8, 4) is 6.07 Å². The number of fused-ring (bicyclic) bond motifs is 5. The van der Waals surface area contributed by atoms with Crippen molar-refractivity contribution in [1.29, 1.82) is 5.26 Å². The van der Waals surface area contributed by atoms with Crippen LogP contribution < -0.4 is 4.31 Å². The number of halogens is 3. The van der Waals surface area contributed by atoms with Crippen molar-refractivity contribution in [2.45, 2.75) is 17.5 Å². The van der Waals surface area contributed by atoms with Gasteiger partial charge in [-0.15, -0.1) is 0 Å². The first kappa shape index (κ1) is 15.3. The Kier molecular flexibility index (Phi) is 2.98. The van der Waals surface area contributed by atoms with E-state index in [2.05, 4.69) is 0 Å². The summed E-state index contributed by atoms with van der Waals surface area (Å²) in [7, 11) is -3.74. The summed E-state index contributed by atoms with van der Waals surface area (Å²) in [4.78, 5) is 1.93. The fraction of sp³-hybridized carbons (Fsp3) is 0.400. The van der Waals surface area contributed by atoms with Crippen molar-refractivity contribution < 1.29 is 21.6 Å². The number of anilines is 1. The van der Waals surface area contributed by atoms with Crippen LogP contribution >= 0.6 is 0 Å². The predicted octanol–water partition coefficient (Wildman–Crippen LogP) is 1.92. The zero-order valence-corrected chi connectivity index (χ0v) is 13.0. The van der Waals surface area contributed by atoms with E-state index in [1.165, 1.54) is 12.1 Å². The number of rotatable bonds is 1. The summed E-state index contributed by atoms with van der Waals surface area (Å²) >= 11 is 0. The molecule has 0 amide bonds. The standard InChI is InChI=1S/C15H12F3N3O2S/c16-15(17,18)12-5-11(2-1-9(12)6-19)21-8-13-14(24(21,22)23)10-3-4-20(13)7-10/h1-5,10,13-14H,7-8H2/t10-,13+,14+/m1/s1. The molecule has 0 aliphatic carbocycles. The summed E-state index contributed by atoms with van der Waals surface area (Å²) in [6, 6.07) is 4.29. The van der Waals surface area contributed by atoms with Crippen LogP contribution in [0.4, 0.5) is 18.9 Å². The minimum absolute atomic E-state index is 0.0451. The maximum atomic E-state index is 13.1. The zero-order chi connectivity index (χ0) is 17.3. The van der Waals surface area contributed by atoms with E-state index in [0.717, 1.165) is 16.4 Å². The molecule has 3 aliphatic rings. The molecule has 5 nitrogen and oxygen atoms in total. The maximum Gasteiger partial charge on any atom is 0.417 e. The molecule has 0 N–H and O–H groups in total. The van der Waals surface area contributed by atoms with Gasteiger partial charge in [-0.2, -0.15) is 18.4 Å². The van der Waals surface area contributed by atoms with Gasteiger partial charge in [-0.3, -0.25) is 4.31 Å². The lowest BCUT2D eigenvalue weighted by Gasteiger charge is -2.22. The van der Waals surface area contributed by atoms with Crippen LogP contribution in [-0.2, 0) is 16.2 Å². The Morgan fingerprint density at radius 1 is 1.25 bits per heavy atom. The molecule has 24 heavy (non-hydrogen) atoms. The first-order valence-corrected chi connectivity index (χ1v) is 8.81. The van der Waals surface area contributed by atoms with E-state index in [0.29, 0.717) is 6.54 Å². The molecule has 2 saturated heterocycles. The van der Waals surface area contributed by atoms with Gasteiger partial charge in [0.1, 0.15) is 5.25 Å². The first-order chi connectivity index (χ1) is 11.2. The molecule has 4 rings (SSSR count). The van der Waals surface area contributed by atoms with Gasteiger partial charge in [-0.1, -0.05) is 6.08 Å². The molecule has 3 atom stereocenters. The smallest absolute Gasteiger partial charge is 0.371 e. The Bertz CT molecular complexity index is 888. The van der Waals surface area contributed by atoms with E-state index in [9.17, 15) is 21.6 Å². The van der Waals surface area contributed by atoms with E-state index >= 15 is 0 Å². The normalized spacial score (nSPS) is 29.8. The molecular formula is C15H12F3N3O2S. The van der Waals surface area contributed by atoms with Crippen LogP contribution in [0.1, 0.15) is 11.1 Å². The van der Waals surface area contributed by atoms with Gasteiger partial charge < -0.3 is 4.90 Å². The number of alkyl halides is 3. The highest BCUT2D eigenvalue weighted by Crippen LogP contribution is 2.44. The monoisotopic (exact) mass is 355 g/mol. The molecule has 3 aliphatic heterocycles. The SMILES string of the molecule is N#Cc1ccc(N2C[C@H]3[C@H]([C@@H]4C=CN3C4)S2(=O)=O)cc1C(F)(F)F. The lowest BCUT2D eigenvalue weighted by atomic mass is 10.0. The van der Waals surface area contributed by atoms with Crippen LogP contribution in [-0.4, -0.2) is 37.7 Å². The summed E-state index contributed by atoms with van der Waals surface area (Å²) in [6.07, 6.45) is -1.03. The van der Waals surface area contributed by atoms with Gasteiger partial charge in [0.2, 0.25) is 10.0 Å². The van der Waals surface area contributed by atoms with Crippen LogP contribution in [0.3, 0.4) is 0 Å². The zero-order valence-electron chi connectivity index (χ0n) is 12.2. The highest BCUT2D eigenvalue weighted by Gasteiger charge is 2.57. The largest absolute Gasteiger partial charge is 0.417 e. The molecule has 3 heterocycles. The van der Waals surface area contributed by atoms with E-state index < -0.39 is 32.6 Å². The molecule has 0 radical (unpaired) electrons. The van der Waals surface area contributed by atoms with Crippen LogP contribution in [0.5, 0.6) is 0 Å². The van der Waals surface area contributed by atoms with Crippen LogP contribution in [0, 0.1) is 17.2 Å².